The van der Waals surface area contributed by atoms with E-state index >= 15 is 0 Å². The second-order valence-corrected chi connectivity index (χ2v) is 8.26. The van der Waals surface area contributed by atoms with E-state index < -0.39 is 4.92 Å². The van der Waals surface area contributed by atoms with E-state index in [4.69, 9.17) is 0 Å². The van der Waals surface area contributed by atoms with Crippen molar-refractivity contribution in [1.29, 1.82) is 0 Å². The standard InChI is InChI=1S/C24H28N8O3/c33-23(30-15-17-7-10-25-11-8-17)19-3-1-18(2-4-19)21-9-12-27-24(31-21)28-14-13-26-22-6-5-20(16-29-22)32(34)35/h1-6,9,12,16-17,25H,7-8,10-11,13-15H2,(H,26,29)(H,30,33)(H,27,28,31). The van der Waals surface area contributed by atoms with E-state index in [2.05, 4.69) is 36.2 Å². The number of carbonyl (C=O) groups is 1. The predicted octanol–water partition coefficient (Wildman–Crippen LogP) is 2.70. The Morgan fingerprint density at radius 1 is 1.03 bits per heavy atom. The number of hydrogen-bond donors (Lipinski definition) is 4. The number of anilines is 2. The van der Waals surface area contributed by atoms with Crippen molar-refractivity contribution < 1.29 is 9.72 Å². The van der Waals surface area contributed by atoms with E-state index in [0.717, 1.165) is 37.2 Å². The lowest BCUT2D eigenvalue weighted by atomic mass is 9.98. The molecule has 1 saturated heterocycles. The number of nitrogens with one attached hydrogen (secondary N) is 4. The molecular weight excluding hydrogens is 448 g/mol. The van der Waals surface area contributed by atoms with Crippen LogP contribution in [0.15, 0.2) is 54.9 Å². The summed E-state index contributed by atoms with van der Waals surface area (Å²) in [5, 5.41) is 23.3. The molecule has 0 bridgehead atoms. The lowest BCUT2D eigenvalue weighted by molar-refractivity contribution is -0.385. The van der Waals surface area contributed by atoms with Crippen molar-refractivity contribution in [3.8, 4) is 11.3 Å². The maximum atomic E-state index is 12.5. The minimum Gasteiger partial charge on any atom is -0.368 e. The van der Waals surface area contributed by atoms with Gasteiger partial charge in [-0.1, -0.05) is 12.1 Å². The highest BCUT2D eigenvalue weighted by atomic mass is 16.6. The third-order valence-electron chi connectivity index (χ3n) is 5.78. The highest BCUT2D eigenvalue weighted by Crippen LogP contribution is 2.19. The van der Waals surface area contributed by atoms with Crippen LogP contribution >= 0.6 is 0 Å². The second-order valence-electron chi connectivity index (χ2n) is 8.26. The lowest BCUT2D eigenvalue weighted by Gasteiger charge is -2.22. The Morgan fingerprint density at radius 2 is 1.80 bits per heavy atom. The fourth-order valence-corrected chi connectivity index (χ4v) is 3.79. The van der Waals surface area contributed by atoms with Crippen LogP contribution in [0, 0.1) is 16.0 Å². The van der Waals surface area contributed by atoms with Gasteiger partial charge in [0.2, 0.25) is 5.95 Å². The maximum Gasteiger partial charge on any atom is 0.287 e. The summed E-state index contributed by atoms with van der Waals surface area (Å²) in [5.41, 5.74) is 2.21. The molecule has 3 heterocycles. The zero-order valence-electron chi connectivity index (χ0n) is 19.2. The second kappa shape index (κ2) is 11.8. The van der Waals surface area contributed by atoms with Crippen molar-refractivity contribution in [2.24, 2.45) is 5.92 Å². The molecule has 11 heteroatoms. The number of carbonyl (C=O) groups excluding carboxylic acids is 1. The normalized spacial score (nSPS) is 13.7. The molecule has 1 amide bonds. The average Bonchev–Trinajstić information content (AvgIpc) is 2.91. The van der Waals surface area contributed by atoms with Gasteiger partial charge in [0.05, 0.1) is 10.6 Å². The quantitative estimate of drug-likeness (QED) is 0.197. The molecule has 0 spiro atoms. The first-order chi connectivity index (χ1) is 17.1. The third-order valence-corrected chi connectivity index (χ3v) is 5.78. The van der Waals surface area contributed by atoms with Crippen LogP contribution in [-0.4, -0.2) is 58.5 Å². The molecule has 11 nitrogen and oxygen atoms in total. The summed E-state index contributed by atoms with van der Waals surface area (Å²) in [6, 6.07) is 12.2. The first-order valence-corrected chi connectivity index (χ1v) is 11.6. The number of rotatable bonds is 10. The third kappa shape index (κ3) is 6.93. The summed E-state index contributed by atoms with van der Waals surface area (Å²) in [6.07, 6.45) is 5.07. The van der Waals surface area contributed by atoms with Crippen molar-refractivity contribution in [3.63, 3.8) is 0 Å². The largest absolute Gasteiger partial charge is 0.368 e. The molecule has 3 aromatic rings. The smallest absolute Gasteiger partial charge is 0.287 e. The van der Waals surface area contributed by atoms with Crippen molar-refractivity contribution in [3.05, 3.63) is 70.5 Å². The number of nitro groups is 1. The Morgan fingerprint density at radius 3 is 2.51 bits per heavy atom. The van der Waals surface area contributed by atoms with E-state index in [1.54, 1.807) is 12.3 Å². The van der Waals surface area contributed by atoms with Gasteiger partial charge in [0, 0.05) is 43.0 Å². The number of amides is 1. The van der Waals surface area contributed by atoms with Crippen LogP contribution in [0.1, 0.15) is 23.2 Å². The Balaban J connectivity index is 1.26. The summed E-state index contributed by atoms with van der Waals surface area (Å²) >= 11 is 0. The molecule has 1 fully saturated rings. The fourth-order valence-electron chi connectivity index (χ4n) is 3.79. The number of nitrogens with zero attached hydrogens (tertiary/aromatic N) is 4. The SMILES string of the molecule is O=C(NCC1CCNCC1)c1ccc(-c2ccnc(NCCNc3ccc([N+](=O)[O-])cn3)n2)cc1. The van der Waals surface area contributed by atoms with Crippen LogP contribution in [0.4, 0.5) is 17.5 Å². The molecule has 4 rings (SSSR count). The Kier molecular flexibility index (Phi) is 8.12. The molecular formula is C24H28N8O3. The van der Waals surface area contributed by atoms with Crippen LogP contribution in [0.3, 0.4) is 0 Å². The van der Waals surface area contributed by atoms with Gasteiger partial charge in [-0.3, -0.25) is 14.9 Å². The summed E-state index contributed by atoms with van der Waals surface area (Å²) in [6.45, 7) is 3.78. The first-order valence-electron chi connectivity index (χ1n) is 11.6. The van der Waals surface area contributed by atoms with Gasteiger partial charge in [-0.05, 0) is 56.1 Å². The minimum atomic E-state index is -0.485. The number of pyridine rings is 1. The monoisotopic (exact) mass is 476 g/mol. The van der Waals surface area contributed by atoms with Crippen LogP contribution in [0.5, 0.6) is 0 Å². The fraction of sp³-hybridized carbons (Fsp3) is 0.333. The van der Waals surface area contributed by atoms with Crippen LogP contribution < -0.4 is 21.3 Å². The van der Waals surface area contributed by atoms with Crippen molar-refractivity contribution >= 4 is 23.4 Å². The van der Waals surface area contributed by atoms with Gasteiger partial charge in [0.15, 0.2) is 0 Å². The van der Waals surface area contributed by atoms with Crippen molar-refractivity contribution in [2.45, 2.75) is 12.8 Å². The summed E-state index contributed by atoms with van der Waals surface area (Å²) in [7, 11) is 0. The number of piperidine rings is 1. The average molecular weight is 477 g/mol. The van der Waals surface area contributed by atoms with E-state index in [1.165, 1.54) is 12.3 Å². The number of benzene rings is 1. The van der Waals surface area contributed by atoms with Gasteiger partial charge < -0.3 is 21.3 Å². The van der Waals surface area contributed by atoms with Gasteiger partial charge in [0.25, 0.3) is 11.6 Å². The molecule has 1 aliphatic rings. The molecule has 1 aromatic carbocycles. The molecule has 0 radical (unpaired) electrons. The summed E-state index contributed by atoms with van der Waals surface area (Å²) in [4.78, 5) is 35.5. The van der Waals surface area contributed by atoms with Crippen molar-refractivity contribution in [2.75, 3.05) is 43.4 Å². The molecule has 2 aromatic heterocycles. The zero-order chi connectivity index (χ0) is 24.5. The summed E-state index contributed by atoms with van der Waals surface area (Å²) in [5.74, 6) is 1.50. The van der Waals surface area contributed by atoms with Crippen LogP contribution in [-0.2, 0) is 0 Å². The summed E-state index contributed by atoms with van der Waals surface area (Å²) < 4.78 is 0. The van der Waals surface area contributed by atoms with Crippen molar-refractivity contribution in [1.82, 2.24) is 25.6 Å². The van der Waals surface area contributed by atoms with E-state index in [0.29, 0.717) is 42.9 Å². The first kappa shape index (κ1) is 24.0. The van der Waals surface area contributed by atoms with E-state index in [9.17, 15) is 14.9 Å². The van der Waals surface area contributed by atoms with Gasteiger partial charge in [0.1, 0.15) is 12.0 Å². The molecule has 0 saturated carbocycles. The molecule has 4 N–H and O–H groups in total. The molecule has 182 valence electrons. The topological polar surface area (TPSA) is 147 Å². The van der Waals surface area contributed by atoms with E-state index in [-0.39, 0.29) is 11.6 Å². The van der Waals surface area contributed by atoms with E-state index in [1.807, 2.05) is 30.3 Å². The van der Waals surface area contributed by atoms with Gasteiger partial charge in [-0.15, -0.1) is 0 Å². The Hall–Kier alpha value is -4.12. The highest BCUT2D eigenvalue weighted by molar-refractivity contribution is 5.94. The molecule has 0 unspecified atom stereocenters. The van der Waals surface area contributed by atoms with Gasteiger partial charge in [-0.2, -0.15) is 0 Å². The number of aromatic nitrogens is 3. The minimum absolute atomic E-state index is 0.0511. The lowest BCUT2D eigenvalue weighted by Crippen LogP contribution is -2.35. The number of hydrogen-bond acceptors (Lipinski definition) is 9. The van der Waals surface area contributed by atoms with Gasteiger partial charge >= 0.3 is 0 Å². The molecule has 35 heavy (non-hydrogen) atoms. The zero-order valence-corrected chi connectivity index (χ0v) is 19.2. The Bertz CT molecular complexity index is 1130. The molecule has 0 atom stereocenters. The van der Waals surface area contributed by atoms with Gasteiger partial charge in [-0.25, -0.2) is 15.0 Å². The Labute approximate surface area is 202 Å². The predicted molar refractivity (Wildman–Crippen MR) is 133 cm³/mol. The van der Waals surface area contributed by atoms with Crippen LogP contribution in [0.2, 0.25) is 0 Å². The molecule has 1 aliphatic heterocycles. The molecule has 0 aliphatic carbocycles. The van der Waals surface area contributed by atoms with Crippen LogP contribution in [0.25, 0.3) is 11.3 Å². The maximum absolute atomic E-state index is 12.5. The highest BCUT2D eigenvalue weighted by Gasteiger charge is 2.14.